The second-order valence-corrected chi connectivity index (χ2v) is 8.85. The molecule has 0 aliphatic carbocycles. The topological polar surface area (TPSA) is 55.9 Å². The van der Waals surface area contributed by atoms with Crippen molar-refractivity contribution in [2.24, 2.45) is 5.92 Å². The summed E-state index contributed by atoms with van der Waals surface area (Å²) >= 11 is 0. The first kappa shape index (κ1) is 23.6. The first-order chi connectivity index (χ1) is 15.3. The Morgan fingerprint density at radius 2 is 1.59 bits per heavy atom. The molecule has 2 amide bonds. The lowest BCUT2D eigenvalue weighted by atomic mass is 9.95. The van der Waals surface area contributed by atoms with E-state index in [4.69, 9.17) is 0 Å². The van der Waals surface area contributed by atoms with Crippen molar-refractivity contribution in [1.29, 1.82) is 0 Å². The minimum atomic E-state index is 0.0531. The van der Waals surface area contributed by atoms with Crippen LogP contribution in [0.1, 0.15) is 31.7 Å². The number of nitrogens with zero attached hydrogens (tertiary/aromatic N) is 3. The maximum atomic E-state index is 12.8. The van der Waals surface area contributed by atoms with Crippen LogP contribution in [-0.4, -0.2) is 57.0 Å². The van der Waals surface area contributed by atoms with Crippen LogP contribution in [0.2, 0.25) is 0 Å². The van der Waals surface area contributed by atoms with E-state index in [0.29, 0.717) is 0 Å². The highest BCUT2D eigenvalue weighted by molar-refractivity contribution is 5.92. The molecule has 0 radical (unpaired) electrons. The van der Waals surface area contributed by atoms with Crippen molar-refractivity contribution >= 4 is 28.9 Å². The maximum Gasteiger partial charge on any atom is 0.227 e. The van der Waals surface area contributed by atoms with Crippen LogP contribution in [-0.2, 0) is 9.59 Å². The Balaban J connectivity index is 1.44. The molecule has 32 heavy (non-hydrogen) atoms. The molecule has 0 aromatic heterocycles. The lowest BCUT2D eigenvalue weighted by Crippen LogP contribution is -2.38. The van der Waals surface area contributed by atoms with Crippen LogP contribution in [0.4, 0.5) is 17.1 Å². The van der Waals surface area contributed by atoms with Gasteiger partial charge in [0.25, 0.3) is 0 Å². The number of carbonyl (C=O) groups excluding carboxylic acids is 2. The number of aryl methyl sites for hydroxylation is 1. The van der Waals surface area contributed by atoms with Crippen molar-refractivity contribution in [2.75, 3.05) is 55.4 Å². The molecule has 1 saturated heterocycles. The standard InChI is InChI=1S/C26H36N4O2/c1-20-6-10-25(11-7-20)30-18-14-22(15-19-30)26(32)27-23-8-12-24(13-9-23)29(4)17-5-16-28(3)21(2)31/h6-13,22H,5,14-19H2,1-4H3,(H,27,32). The second-order valence-electron chi connectivity index (χ2n) is 8.85. The van der Waals surface area contributed by atoms with Gasteiger partial charge >= 0.3 is 0 Å². The third-order valence-corrected chi connectivity index (χ3v) is 6.37. The van der Waals surface area contributed by atoms with Crippen LogP contribution in [0.5, 0.6) is 0 Å². The summed E-state index contributed by atoms with van der Waals surface area (Å²) in [6.07, 6.45) is 2.65. The molecule has 0 saturated carbocycles. The van der Waals surface area contributed by atoms with Crippen LogP contribution < -0.4 is 15.1 Å². The van der Waals surface area contributed by atoms with Crippen molar-refractivity contribution < 1.29 is 9.59 Å². The number of benzene rings is 2. The van der Waals surface area contributed by atoms with Crippen LogP contribution in [0, 0.1) is 12.8 Å². The molecule has 1 fully saturated rings. The van der Waals surface area contributed by atoms with Gasteiger partial charge in [-0.25, -0.2) is 0 Å². The highest BCUT2D eigenvalue weighted by Gasteiger charge is 2.25. The van der Waals surface area contributed by atoms with E-state index in [1.165, 1.54) is 11.3 Å². The first-order valence-corrected chi connectivity index (χ1v) is 11.5. The van der Waals surface area contributed by atoms with E-state index in [1.54, 1.807) is 11.8 Å². The average Bonchev–Trinajstić information content (AvgIpc) is 2.80. The summed E-state index contributed by atoms with van der Waals surface area (Å²) in [5, 5.41) is 3.09. The van der Waals surface area contributed by atoms with Gasteiger partial charge in [0.05, 0.1) is 0 Å². The van der Waals surface area contributed by atoms with Crippen LogP contribution in [0.25, 0.3) is 0 Å². The number of carbonyl (C=O) groups is 2. The lowest BCUT2D eigenvalue weighted by molar-refractivity contribution is -0.127. The van der Waals surface area contributed by atoms with Gasteiger partial charge in [0, 0.05) is 70.2 Å². The van der Waals surface area contributed by atoms with E-state index < -0.39 is 0 Å². The van der Waals surface area contributed by atoms with Gasteiger partial charge in [0.1, 0.15) is 0 Å². The number of rotatable bonds is 8. The van der Waals surface area contributed by atoms with Gasteiger partial charge in [0.2, 0.25) is 11.8 Å². The van der Waals surface area contributed by atoms with Gasteiger partial charge in [-0.05, 0) is 62.6 Å². The van der Waals surface area contributed by atoms with E-state index in [9.17, 15) is 9.59 Å². The molecule has 6 heteroatoms. The number of hydrogen-bond acceptors (Lipinski definition) is 4. The molecular formula is C26H36N4O2. The molecule has 0 unspecified atom stereocenters. The molecule has 3 rings (SSSR count). The zero-order chi connectivity index (χ0) is 23.1. The first-order valence-electron chi connectivity index (χ1n) is 11.5. The summed E-state index contributed by atoms with van der Waals surface area (Å²) in [4.78, 5) is 30.3. The minimum absolute atomic E-state index is 0.0531. The molecule has 0 atom stereocenters. The SMILES string of the molecule is CC(=O)N(C)CCCN(C)c1ccc(NC(=O)C2CCN(c3ccc(C)cc3)CC2)cc1. The van der Waals surface area contributed by atoms with E-state index in [2.05, 4.69) is 46.3 Å². The Kier molecular flexibility index (Phi) is 8.14. The third-order valence-electron chi connectivity index (χ3n) is 6.37. The molecule has 0 spiro atoms. The fourth-order valence-electron chi connectivity index (χ4n) is 4.03. The summed E-state index contributed by atoms with van der Waals surface area (Å²) < 4.78 is 0. The van der Waals surface area contributed by atoms with Gasteiger partial charge in [-0.1, -0.05) is 17.7 Å². The molecule has 1 aliphatic heterocycles. The highest BCUT2D eigenvalue weighted by atomic mass is 16.2. The lowest BCUT2D eigenvalue weighted by Gasteiger charge is -2.33. The number of nitrogens with one attached hydrogen (secondary N) is 1. The summed E-state index contributed by atoms with van der Waals surface area (Å²) in [6, 6.07) is 16.6. The highest BCUT2D eigenvalue weighted by Crippen LogP contribution is 2.25. The summed E-state index contributed by atoms with van der Waals surface area (Å²) in [5.41, 5.74) is 4.44. The molecule has 2 aromatic rings. The van der Waals surface area contributed by atoms with E-state index in [-0.39, 0.29) is 17.7 Å². The molecule has 0 bridgehead atoms. The van der Waals surface area contributed by atoms with Crippen molar-refractivity contribution in [3.63, 3.8) is 0 Å². The smallest absolute Gasteiger partial charge is 0.227 e. The second kappa shape index (κ2) is 11.0. The Morgan fingerprint density at radius 3 is 2.19 bits per heavy atom. The van der Waals surface area contributed by atoms with Gasteiger partial charge < -0.3 is 20.0 Å². The monoisotopic (exact) mass is 436 g/mol. The average molecular weight is 437 g/mol. The zero-order valence-corrected chi connectivity index (χ0v) is 19.8. The van der Waals surface area contributed by atoms with Gasteiger partial charge in [-0.3, -0.25) is 9.59 Å². The summed E-state index contributed by atoms with van der Waals surface area (Å²) in [7, 11) is 3.87. The molecule has 6 nitrogen and oxygen atoms in total. The number of piperidine rings is 1. The molecule has 1 aliphatic rings. The van der Waals surface area contributed by atoms with Gasteiger partial charge in [-0.15, -0.1) is 0 Å². The molecule has 2 aromatic carbocycles. The molecular weight excluding hydrogens is 400 g/mol. The number of amides is 2. The Morgan fingerprint density at radius 1 is 0.969 bits per heavy atom. The Hall–Kier alpha value is -3.02. The predicted octanol–water partition coefficient (Wildman–Crippen LogP) is 4.15. The number of hydrogen-bond donors (Lipinski definition) is 1. The van der Waals surface area contributed by atoms with Crippen molar-refractivity contribution in [2.45, 2.75) is 33.1 Å². The zero-order valence-electron chi connectivity index (χ0n) is 19.8. The van der Waals surface area contributed by atoms with E-state index in [1.807, 2.05) is 38.4 Å². The van der Waals surface area contributed by atoms with Crippen LogP contribution >= 0.6 is 0 Å². The predicted molar refractivity (Wildman–Crippen MR) is 132 cm³/mol. The normalized spacial score (nSPS) is 14.2. The fraction of sp³-hybridized carbons (Fsp3) is 0.462. The van der Waals surface area contributed by atoms with Crippen molar-refractivity contribution in [3.05, 3.63) is 54.1 Å². The maximum absolute atomic E-state index is 12.8. The summed E-state index contributed by atoms with van der Waals surface area (Å²) in [6.45, 7) is 7.11. The Bertz CT molecular complexity index is 887. The van der Waals surface area contributed by atoms with Crippen LogP contribution in [0.15, 0.2) is 48.5 Å². The summed E-state index contributed by atoms with van der Waals surface area (Å²) in [5.74, 6) is 0.257. The van der Waals surface area contributed by atoms with Gasteiger partial charge in [0.15, 0.2) is 0 Å². The molecule has 1 N–H and O–H groups in total. The molecule has 1 heterocycles. The molecule has 172 valence electrons. The van der Waals surface area contributed by atoms with Crippen molar-refractivity contribution in [1.82, 2.24) is 4.90 Å². The number of anilines is 3. The fourth-order valence-corrected chi connectivity index (χ4v) is 4.03. The minimum Gasteiger partial charge on any atom is -0.375 e. The van der Waals surface area contributed by atoms with Gasteiger partial charge in [-0.2, -0.15) is 0 Å². The Labute approximate surface area is 192 Å². The largest absolute Gasteiger partial charge is 0.375 e. The van der Waals surface area contributed by atoms with E-state index in [0.717, 1.165) is 56.8 Å². The third kappa shape index (κ3) is 6.49. The van der Waals surface area contributed by atoms with E-state index >= 15 is 0 Å². The quantitative estimate of drug-likeness (QED) is 0.675. The van der Waals surface area contributed by atoms with Crippen LogP contribution in [0.3, 0.4) is 0 Å². The van der Waals surface area contributed by atoms with Crippen molar-refractivity contribution in [3.8, 4) is 0 Å².